The molecule has 2 amide bonds. The summed E-state index contributed by atoms with van der Waals surface area (Å²) in [6.07, 6.45) is 8.83. The molecule has 2 atom stereocenters. The van der Waals surface area contributed by atoms with Crippen LogP contribution in [0.1, 0.15) is 19.8 Å². The number of nitrogens with zero attached hydrogens (tertiary/aromatic N) is 1. The van der Waals surface area contributed by atoms with Crippen LogP contribution < -0.4 is 0 Å². The lowest BCUT2D eigenvalue weighted by atomic mass is 10.1. The highest BCUT2D eigenvalue weighted by Crippen LogP contribution is 2.24. The van der Waals surface area contributed by atoms with Crippen LogP contribution in [0.3, 0.4) is 0 Å². The summed E-state index contributed by atoms with van der Waals surface area (Å²) in [5.41, 5.74) is 0. The van der Waals surface area contributed by atoms with E-state index in [0.29, 0.717) is 6.42 Å². The molecule has 3 nitrogen and oxygen atoms in total. The Morgan fingerprint density at radius 3 is 2.64 bits per heavy atom. The first-order valence-electron chi connectivity index (χ1n) is 4.89. The van der Waals surface area contributed by atoms with E-state index in [1.54, 1.807) is 0 Å². The number of rotatable bonds is 1. The third-order valence-electron chi connectivity index (χ3n) is 2.70. The summed E-state index contributed by atoms with van der Waals surface area (Å²) in [5, 5.41) is 0. The second kappa shape index (κ2) is 3.40. The third-order valence-corrected chi connectivity index (χ3v) is 2.70. The number of imide groups is 1. The van der Waals surface area contributed by atoms with Crippen LogP contribution in [0, 0.1) is 5.92 Å². The molecule has 1 aliphatic heterocycles. The topological polar surface area (TPSA) is 37.4 Å². The highest BCUT2D eigenvalue weighted by atomic mass is 16.2. The predicted molar refractivity (Wildman–Crippen MR) is 52.3 cm³/mol. The van der Waals surface area contributed by atoms with Gasteiger partial charge in [-0.3, -0.25) is 14.5 Å². The summed E-state index contributed by atoms with van der Waals surface area (Å²) in [7, 11) is 0. The summed E-state index contributed by atoms with van der Waals surface area (Å²) >= 11 is 0. The Morgan fingerprint density at radius 2 is 2.14 bits per heavy atom. The van der Waals surface area contributed by atoms with Crippen molar-refractivity contribution < 1.29 is 9.59 Å². The molecule has 1 fully saturated rings. The first-order chi connectivity index (χ1) is 6.70. The van der Waals surface area contributed by atoms with Crippen molar-refractivity contribution in [3.05, 3.63) is 24.3 Å². The molecule has 2 aliphatic rings. The molecule has 0 radical (unpaired) electrons. The first-order valence-corrected chi connectivity index (χ1v) is 4.89. The van der Waals surface area contributed by atoms with Crippen LogP contribution in [0.25, 0.3) is 0 Å². The summed E-state index contributed by atoms with van der Waals surface area (Å²) in [5.74, 6) is -0.200. The molecule has 0 bridgehead atoms. The molecule has 1 aliphatic carbocycles. The number of likely N-dealkylation sites (tertiary alicyclic amines) is 1. The van der Waals surface area contributed by atoms with Gasteiger partial charge in [-0.25, -0.2) is 0 Å². The molecule has 3 heteroatoms. The van der Waals surface area contributed by atoms with E-state index in [0.717, 1.165) is 6.42 Å². The third kappa shape index (κ3) is 1.39. The molecule has 0 spiro atoms. The Balaban J connectivity index is 2.18. The van der Waals surface area contributed by atoms with Gasteiger partial charge in [0.2, 0.25) is 11.8 Å². The molecule has 2 unspecified atom stereocenters. The SMILES string of the molecule is CC1CC(=O)N(C2C=CC=CC2)C1=O. The maximum atomic E-state index is 11.7. The normalized spacial score (nSPS) is 31.6. The van der Waals surface area contributed by atoms with Crippen LogP contribution in [0.15, 0.2) is 24.3 Å². The Kier molecular flexibility index (Phi) is 2.23. The zero-order chi connectivity index (χ0) is 10.1. The van der Waals surface area contributed by atoms with Gasteiger partial charge in [-0.05, 0) is 6.42 Å². The molecule has 2 rings (SSSR count). The summed E-state index contributed by atoms with van der Waals surface area (Å²) in [6, 6.07) is -0.0510. The van der Waals surface area contributed by atoms with Gasteiger partial charge in [0.25, 0.3) is 0 Å². The molecule has 0 aromatic rings. The van der Waals surface area contributed by atoms with Gasteiger partial charge in [0.05, 0.1) is 6.04 Å². The molecule has 0 saturated carbocycles. The summed E-state index contributed by atoms with van der Waals surface area (Å²) in [6.45, 7) is 1.81. The predicted octanol–water partition coefficient (Wildman–Crippen LogP) is 1.27. The van der Waals surface area contributed by atoms with Crippen LogP contribution in [-0.4, -0.2) is 22.8 Å². The maximum absolute atomic E-state index is 11.7. The highest BCUT2D eigenvalue weighted by Gasteiger charge is 2.38. The standard InChI is InChI=1S/C11H13NO2/c1-8-7-10(13)12(11(8)14)9-5-3-2-4-6-9/h2-5,8-9H,6-7H2,1H3. The van der Waals surface area contributed by atoms with Gasteiger partial charge in [-0.15, -0.1) is 0 Å². The number of allylic oxidation sites excluding steroid dienone is 2. The minimum Gasteiger partial charge on any atom is -0.275 e. The quantitative estimate of drug-likeness (QED) is 0.585. The van der Waals surface area contributed by atoms with Crippen molar-refractivity contribution in [3.8, 4) is 0 Å². The van der Waals surface area contributed by atoms with E-state index < -0.39 is 0 Å². The van der Waals surface area contributed by atoms with Gasteiger partial charge in [0.1, 0.15) is 0 Å². The lowest BCUT2D eigenvalue weighted by molar-refractivity contribution is -0.140. The smallest absolute Gasteiger partial charge is 0.233 e. The van der Waals surface area contributed by atoms with Crippen molar-refractivity contribution >= 4 is 11.8 Å². The second-order valence-corrected chi connectivity index (χ2v) is 3.82. The largest absolute Gasteiger partial charge is 0.275 e. The van der Waals surface area contributed by atoms with E-state index >= 15 is 0 Å². The van der Waals surface area contributed by atoms with Gasteiger partial charge in [0.15, 0.2) is 0 Å². The van der Waals surface area contributed by atoms with Gasteiger partial charge < -0.3 is 0 Å². The molecule has 0 aromatic heterocycles. The number of carbonyl (C=O) groups is 2. The van der Waals surface area contributed by atoms with Crippen molar-refractivity contribution in [2.45, 2.75) is 25.8 Å². The van der Waals surface area contributed by atoms with Crippen molar-refractivity contribution in [3.63, 3.8) is 0 Å². The van der Waals surface area contributed by atoms with Crippen molar-refractivity contribution in [2.75, 3.05) is 0 Å². The van der Waals surface area contributed by atoms with Gasteiger partial charge in [-0.2, -0.15) is 0 Å². The number of carbonyl (C=O) groups excluding carboxylic acids is 2. The first kappa shape index (κ1) is 9.19. The molecular formula is C11H13NO2. The number of hydrogen-bond acceptors (Lipinski definition) is 2. The Labute approximate surface area is 83.1 Å². The minimum absolute atomic E-state index is 0.0278. The lowest BCUT2D eigenvalue weighted by Gasteiger charge is -2.23. The number of amides is 2. The van der Waals surface area contributed by atoms with Gasteiger partial charge in [0, 0.05) is 12.3 Å². The summed E-state index contributed by atoms with van der Waals surface area (Å²) in [4.78, 5) is 24.6. The van der Waals surface area contributed by atoms with Gasteiger partial charge in [-0.1, -0.05) is 31.2 Å². The van der Waals surface area contributed by atoms with E-state index in [9.17, 15) is 9.59 Å². The average molecular weight is 191 g/mol. The van der Waals surface area contributed by atoms with E-state index in [1.165, 1.54) is 4.90 Å². The zero-order valence-electron chi connectivity index (χ0n) is 8.14. The molecule has 1 heterocycles. The van der Waals surface area contributed by atoms with E-state index in [2.05, 4.69) is 0 Å². The molecular weight excluding hydrogens is 178 g/mol. The number of hydrogen-bond donors (Lipinski definition) is 0. The monoisotopic (exact) mass is 191 g/mol. The minimum atomic E-state index is -0.137. The average Bonchev–Trinajstić information content (AvgIpc) is 2.43. The molecule has 74 valence electrons. The van der Waals surface area contributed by atoms with Crippen molar-refractivity contribution in [1.29, 1.82) is 0 Å². The van der Waals surface area contributed by atoms with Crippen molar-refractivity contribution in [1.82, 2.24) is 4.90 Å². The van der Waals surface area contributed by atoms with Crippen LogP contribution in [-0.2, 0) is 9.59 Å². The van der Waals surface area contributed by atoms with E-state index in [1.807, 2.05) is 31.2 Å². The van der Waals surface area contributed by atoms with Crippen LogP contribution in [0.4, 0.5) is 0 Å². The Bertz CT molecular complexity index is 330. The molecule has 0 N–H and O–H groups in total. The van der Waals surface area contributed by atoms with Crippen LogP contribution in [0.2, 0.25) is 0 Å². The van der Waals surface area contributed by atoms with Crippen LogP contribution >= 0.6 is 0 Å². The fourth-order valence-corrected chi connectivity index (χ4v) is 1.92. The summed E-state index contributed by atoms with van der Waals surface area (Å²) < 4.78 is 0. The maximum Gasteiger partial charge on any atom is 0.233 e. The van der Waals surface area contributed by atoms with Gasteiger partial charge >= 0.3 is 0 Å². The van der Waals surface area contributed by atoms with E-state index in [-0.39, 0.29) is 23.8 Å². The lowest BCUT2D eigenvalue weighted by Crippen LogP contribution is -2.39. The molecule has 1 saturated heterocycles. The highest BCUT2D eigenvalue weighted by molar-refractivity contribution is 6.03. The fourth-order valence-electron chi connectivity index (χ4n) is 1.92. The second-order valence-electron chi connectivity index (χ2n) is 3.82. The van der Waals surface area contributed by atoms with Crippen LogP contribution in [0.5, 0.6) is 0 Å². The van der Waals surface area contributed by atoms with Crippen molar-refractivity contribution in [2.24, 2.45) is 5.92 Å². The Morgan fingerprint density at radius 1 is 1.36 bits per heavy atom. The molecule has 14 heavy (non-hydrogen) atoms. The molecule has 0 aromatic carbocycles. The zero-order valence-corrected chi connectivity index (χ0v) is 8.14. The van der Waals surface area contributed by atoms with E-state index in [4.69, 9.17) is 0 Å². The fraction of sp³-hybridized carbons (Fsp3) is 0.455. The Hall–Kier alpha value is -1.38.